The van der Waals surface area contributed by atoms with Gasteiger partial charge in [0.25, 0.3) is 5.56 Å². The number of likely N-dealkylation sites (N-methyl/N-ethyl adjacent to an activating group) is 2. The molecule has 1 aliphatic rings. The van der Waals surface area contributed by atoms with Crippen LogP contribution in [0.1, 0.15) is 0 Å². The van der Waals surface area contributed by atoms with Crippen molar-refractivity contribution >= 4 is 39.4 Å². The summed E-state index contributed by atoms with van der Waals surface area (Å²) in [7, 11) is 3.79. The van der Waals surface area contributed by atoms with Crippen LogP contribution in [0.2, 0.25) is 0 Å². The first-order valence-electron chi connectivity index (χ1n) is 11.4. The van der Waals surface area contributed by atoms with E-state index in [-0.39, 0.29) is 23.3 Å². The van der Waals surface area contributed by atoms with E-state index in [9.17, 15) is 9.18 Å². The summed E-state index contributed by atoms with van der Waals surface area (Å²) in [6.45, 7) is 1.06. The fourth-order valence-corrected chi connectivity index (χ4v) is 4.69. The molecule has 3 N–H and O–H groups in total. The predicted octanol–water partition coefficient (Wildman–Crippen LogP) is 2.71. The minimum atomic E-state index is -0.348. The molecule has 1 atom stereocenters. The van der Waals surface area contributed by atoms with Gasteiger partial charge in [0, 0.05) is 26.4 Å². The van der Waals surface area contributed by atoms with Gasteiger partial charge in [0.1, 0.15) is 23.1 Å². The molecule has 0 saturated heterocycles. The number of anilines is 3. The summed E-state index contributed by atoms with van der Waals surface area (Å²) in [5.74, 6) is 0.685. The van der Waals surface area contributed by atoms with Crippen molar-refractivity contribution in [1.29, 1.82) is 0 Å². The van der Waals surface area contributed by atoms with Crippen LogP contribution in [-0.2, 0) is 0 Å². The summed E-state index contributed by atoms with van der Waals surface area (Å²) in [6.07, 6.45) is 1.41. The molecule has 36 heavy (non-hydrogen) atoms. The lowest BCUT2D eigenvalue weighted by Gasteiger charge is -2.35. The van der Waals surface area contributed by atoms with Crippen molar-refractivity contribution < 1.29 is 9.13 Å². The Bertz CT molecular complexity index is 1670. The van der Waals surface area contributed by atoms with Crippen molar-refractivity contribution in [1.82, 2.24) is 24.7 Å². The van der Waals surface area contributed by atoms with E-state index in [4.69, 9.17) is 15.5 Å². The predicted molar refractivity (Wildman–Crippen MR) is 137 cm³/mol. The van der Waals surface area contributed by atoms with Gasteiger partial charge >= 0.3 is 0 Å². The van der Waals surface area contributed by atoms with E-state index in [1.54, 1.807) is 12.3 Å². The number of halogens is 1. The fraction of sp³-hybridized carbons (Fsp3) is 0.200. The number of nitrogen functional groups attached to an aromatic ring is 1. The average molecular weight is 487 g/mol. The van der Waals surface area contributed by atoms with Crippen LogP contribution in [0.5, 0.6) is 5.75 Å². The molecule has 4 heterocycles. The normalized spacial score (nSPS) is 15.2. The van der Waals surface area contributed by atoms with Crippen LogP contribution in [0.3, 0.4) is 0 Å². The maximum absolute atomic E-state index is 13.8. The molecule has 10 nitrogen and oxygen atoms in total. The van der Waals surface area contributed by atoms with E-state index >= 15 is 0 Å². The monoisotopic (exact) mass is 486 g/mol. The van der Waals surface area contributed by atoms with Crippen LogP contribution in [0.4, 0.5) is 21.8 Å². The lowest BCUT2D eigenvalue weighted by atomic mass is 10.2. The number of nitrogens with two attached hydrogens (primary N) is 1. The number of pyridine rings is 1. The van der Waals surface area contributed by atoms with Gasteiger partial charge < -0.3 is 20.3 Å². The molecular formula is C25H23FN8O2. The molecule has 0 spiro atoms. The molecule has 0 bridgehead atoms. The van der Waals surface area contributed by atoms with E-state index in [1.165, 1.54) is 16.7 Å². The van der Waals surface area contributed by atoms with Crippen molar-refractivity contribution in [2.75, 3.05) is 42.7 Å². The Morgan fingerprint density at radius 2 is 2.06 bits per heavy atom. The average Bonchev–Trinajstić information content (AvgIpc) is 3.26. The highest BCUT2D eigenvalue weighted by Gasteiger charge is 2.26. The number of benzene rings is 2. The van der Waals surface area contributed by atoms with E-state index in [1.807, 2.05) is 54.2 Å². The first-order chi connectivity index (χ1) is 17.4. The zero-order chi connectivity index (χ0) is 25.0. The van der Waals surface area contributed by atoms with Crippen molar-refractivity contribution in [2.45, 2.75) is 6.10 Å². The molecule has 0 radical (unpaired) electrons. The number of para-hydroxylation sites is 1. The van der Waals surface area contributed by atoms with Crippen LogP contribution < -0.4 is 25.8 Å². The molecule has 0 saturated carbocycles. The Hall–Kier alpha value is -4.67. The summed E-state index contributed by atoms with van der Waals surface area (Å²) >= 11 is 0. The number of nitrogens with zero attached hydrogens (tertiary/aromatic N) is 6. The quantitative estimate of drug-likeness (QED) is 0.398. The van der Waals surface area contributed by atoms with Gasteiger partial charge in [-0.05, 0) is 24.3 Å². The van der Waals surface area contributed by atoms with Crippen LogP contribution in [0, 0.1) is 5.82 Å². The Balaban J connectivity index is 1.41. The molecule has 0 aliphatic carbocycles. The molecule has 0 fully saturated rings. The van der Waals surface area contributed by atoms with Gasteiger partial charge in [0.15, 0.2) is 11.5 Å². The van der Waals surface area contributed by atoms with E-state index in [0.717, 1.165) is 5.69 Å². The van der Waals surface area contributed by atoms with Gasteiger partial charge in [-0.25, -0.2) is 9.37 Å². The third-order valence-corrected chi connectivity index (χ3v) is 6.39. The summed E-state index contributed by atoms with van der Waals surface area (Å²) in [5.41, 5.74) is 8.09. The van der Waals surface area contributed by atoms with Crippen molar-refractivity contribution in [3.05, 3.63) is 70.9 Å². The molecular weight excluding hydrogens is 463 g/mol. The van der Waals surface area contributed by atoms with Crippen LogP contribution >= 0.6 is 0 Å². The molecule has 0 unspecified atom stereocenters. The zero-order valence-electron chi connectivity index (χ0n) is 19.6. The molecule has 5 aromatic rings. The minimum absolute atomic E-state index is 0.123. The van der Waals surface area contributed by atoms with E-state index in [2.05, 4.69) is 15.2 Å². The van der Waals surface area contributed by atoms with Crippen LogP contribution in [0.15, 0.2) is 59.5 Å². The molecule has 0 amide bonds. The maximum atomic E-state index is 13.8. The Morgan fingerprint density at radius 1 is 1.25 bits per heavy atom. The number of hydrogen-bond acceptors (Lipinski definition) is 8. The van der Waals surface area contributed by atoms with E-state index in [0.29, 0.717) is 52.4 Å². The topological polar surface area (TPSA) is 118 Å². The van der Waals surface area contributed by atoms with Gasteiger partial charge in [-0.15, -0.1) is 0 Å². The number of rotatable bonds is 4. The first-order valence-corrected chi connectivity index (χ1v) is 11.4. The van der Waals surface area contributed by atoms with Gasteiger partial charge in [0.05, 0.1) is 35.4 Å². The molecule has 1 aliphatic heterocycles. The van der Waals surface area contributed by atoms with Gasteiger partial charge in [-0.2, -0.15) is 10.1 Å². The summed E-state index contributed by atoms with van der Waals surface area (Å²) in [5, 5.41) is 7.79. The second kappa shape index (κ2) is 8.22. The van der Waals surface area contributed by atoms with E-state index < -0.39 is 0 Å². The van der Waals surface area contributed by atoms with Crippen molar-refractivity contribution in [3.63, 3.8) is 0 Å². The van der Waals surface area contributed by atoms with Gasteiger partial charge in [-0.3, -0.25) is 14.5 Å². The lowest BCUT2D eigenvalue weighted by Crippen LogP contribution is -2.44. The third kappa shape index (κ3) is 3.47. The molecule has 3 aromatic heterocycles. The molecule has 2 aromatic carbocycles. The number of H-pyrrole nitrogens is 1. The summed E-state index contributed by atoms with van der Waals surface area (Å²) in [6, 6.07) is 13.8. The van der Waals surface area contributed by atoms with Gasteiger partial charge in [0.2, 0.25) is 5.95 Å². The standard InChI is InChI=1S/C25H23FN8O2/c1-32-12-16(36-19-10-14(26)8-9-18(19)32)13-33(2)25-28-11-17-21-20(22(27)31-30-21)24(35)34(23(17)29-25)15-6-4-3-5-7-15/h3-11,16H,12-13H2,1-2H3,(H3,27,30,31)/t16-/m1/s1. The SMILES string of the molecule is CN(C[C@H]1CN(C)c2ccc(F)cc2O1)c1ncc2c3[nH]nc(N)c3c(=O)n(-c3ccccc3)c2n1. The number of aromatic amines is 1. The first kappa shape index (κ1) is 21.8. The number of hydrogen-bond donors (Lipinski definition) is 2. The highest BCUT2D eigenvalue weighted by molar-refractivity contribution is 6.05. The molecule has 11 heteroatoms. The third-order valence-electron chi connectivity index (χ3n) is 6.39. The minimum Gasteiger partial charge on any atom is -0.484 e. The Labute approximate surface area is 204 Å². The highest BCUT2D eigenvalue weighted by atomic mass is 19.1. The number of fused-ring (bicyclic) bond motifs is 4. The van der Waals surface area contributed by atoms with Crippen molar-refractivity contribution in [3.8, 4) is 11.4 Å². The molecule has 6 rings (SSSR count). The summed E-state index contributed by atoms with van der Waals surface area (Å²) in [4.78, 5) is 26.7. The molecule has 182 valence electrons. The van der Waals surface area contributed by atoms with Crippen LogP contribution in [-0.4, -0.2) is 58.0 Å². The lowest BCUT2D eigenvalue weighted by molar-refractivity contribution is 0.201. The van der Waals surface area contributed by atoms with Gasteiger partial charge in [-0.1, -0.05) is 18.2 Å². The fourth-order valence-electron chi connectivity index (χ4n) is 4.69. The van der Waals surface area contributed by atoms with Crippen LogP contribution in [0.25, 0.3) is 27.6 Å². The zero-order valence-corrected chi connectivity index (χ0v) is 19.6. The highest BCUT2D eigenvalue weighted by Crippen LogP contribution is 2.33. The second-order valence-electron chi connectivity index (χ2n) is 8.86. The number of ether oxygens (including phenoxy) is 1. The Morgan fingerprint density at radius 3 is 2.86 bits per heavy atom. The second-order valence-corrected chi connectivity index (χ2v) is 8.86. The Kier molecular flexibility index (Phi) is 4.99. The number of aromatic nitrogens is 5. The largest absolute Gasteiger partial charge is 0.484 e. The van der Waals surface area contributed by atoms with Crippen molar-refractivity contribution in [2.24, 2.45) is 0 Å². The smallest absolute Gasteiger partial charge is 0.270 e. The number of nitrogens with one attached hydrogen (secondary N) is 1. The summed E-state index contributed by atoms with van der Waals surface area (Å²) < 4.78 is 21.4. The maximum Gasteiger partial charge on any atom is 0.270 e.